The molecule has 2 heterocycles. The fraction of sp³-hybridized carbons (Fsp3) is 0.636. The van der Waals surface area contributed by atoms with Crippen LogP contribution in [0.3, 0.4) is 0 Å². The third kappa shape index (κ3) is 2.92. The zero-order valence-corrected chi connectivity index (χ0v) is 11.6. The van der Waals surface area contributed by atoms with Crippen LogP contribution in [0, 0.1) is 0 Å². The molecule has 2 rings (SSSR count). The first-order valence-corrected chi connectivity index (χ1v) is 7.32. The molecule has 0 bridgehead atoms. The summed E-state index contributed by atoms with van der Waals surface area (Å²) < 4.78 is 31.9. The van der Waals surface area contributed by atoms with E-state index in [4.69, 9.17) is 4.42 Å². The minimum absolute atomic E-state index is 0.529. The summed E-state index contributed by atoms with van der Waals surface area (Å²) in [6, 6.07) is 3.80. The maximum atomic E-state index is 11.9. The van der Waals surface area contributed by atoms with E-state index in [0.717, 1.165) is 25.4 Å². The average Bonchev–Trinajstić information content (AvgIpc) is 2.82. The Morgan fingerprint density at radius 3 is 2.44 bits per heavy atom. The van der Waals surface area contributed by atoms with Gasteiger partial charge in [0.2, 0.25) is 0 Å². The van der Waals surface area contributed by atoms with Crippen LogP contribution >= 0.6 is 0 Å². The van der Waals surface area contributed by atoms with Crippen LogP contribution in [-0.4, -0.2) is 62.2 Å². The normalized spacial score (nSPS) is 19.5. The molecule has 0 unspecified atom stereocenters. The van der Waals surface area contributed by atoms with Gasteiger partial charge in [0.15, 0.2) is 0 Å². The van der Waals surface area contributed by atoms with Gasteiger partial charge in [0, 0.05) is 40.3 Å². The van der Waals surface area contributed by atoms with Crippen molar-refractivity contribution in [2.45, 2.75) is 6.54 Å². The summed E-state index contributed by atoms with van der Waals surface area (Å²) in [5.74, 6) is 0.916. The Bertz CT molecular complexity index is 462. The molecule has 6 nitrogen and oxygen atoms in total. The molecule has 1 aromatic heterocycles. The highest BCUT2D eigenvalue weighted by Crippen LogP contribution is 2.12. The zero-order chi connectivity index (χ0) is 13.2. The van der Waals surface area contributed by atoms with Crippen LogP contribution in [0.2, 0.25) is 0 Å². The Morgan fingerprint density at radius 2 is 1.94 bits per heavy atom. The van der Waals surface area contributed by atoms with Crippen molar-refractivity contribution in [2.75, 3.05) is 40.3 Å². The molecule has 18 heavy (non-hydrogen) atoms. The van der Waals surface area contributed by atoms with Gasteiger partial charge in [-0.15, -0.1) is 0 Å². The second kappa shape index (κ2) is 5.40. The van der Waals surface area contributed by atoms with E-state index < -0.39 is 10.2 Å². The highest BCUT2D eigenvalue weighted by atomic mass is 32.2. The number of rotatable bonds is 4. The summed E-state index contributed by atoms with van der Waals surface area (Å²) in [6.45, 7) is 3.26. The van der Waals surface area contributed by atoms with Crippen LogP contribution in [0.4, 0.5) is 0 Å². The molecule has 1 aliphatic rings. The van der Waals surface area contributed by atoms with Crippen molar-refractivity contribution in [2.24, 2.45) is 0 Å². The van der Waals surface area contributed by atoms with Gasteiger partial charge in [0.25, 0.3) is 10.2 Å². The van der Waals surface area contributed by atoms with Crippen LogP contribution in [-0.2, 0) is 16.8 Å². The second-order valence-corrected chi connectivity index (χ2v) is 6.69. The van der Waals surface area contributed by atoms with Gasteiger partial charge < -0.3 is 4.42 Å². The molecule has 7 heteroatoms. The molecule has 1 saturated heterocycles. The van der Waals surface area contributed by atoms with E-state index in [1.165, 1.54) is 8.61 Å². The van der Waals surface area contributed by atoms with Crippen LogP contribution < -0.4 is 0 Å². The SMILES string of the molecule is CN(C)S(=O)(=O)N1CCN(Cc2ccco2)CC1. The van der Waals surface area contributed by atoms with E-state index in [2.05, 4.69) is 4.90 Å². The Kier molecular flexibility index (Phi) is 4.06. The van der Waals surface area contributed by atoms with E-state index >= 15 is 0 Å². The smallest absolute Gasteiger partial charge is 0.281 e. The van der Waals surface area contributed by atoms with Gasteiger partial charge in [-0.3, -0.25) is 4.90 Å². The van der Waals surface area contributed by atoms with Gasteiger partial charge in [-0.05, 0) is 12.1 Å². The largest absolute Gasteiger partial charge is 0.468 e. The maximum Gasteiger partial charge on any atom is 0.281 e. The molecular weight excluding hydrogens is 254 g/mol. The van der Waals surface area contributed by atoms with Crippen molar-refractivity contribution in [3.63, 3.8) is 0 Å². The lowest BCUT2D eigenvalue weighted by atomic mass is 10.3. The molecule has 1 aliphatic heterocycles. The number of nitrogens with zero attached hydrogens (tertiary/aromatic N) is 3. The third-order valence-corrected chi connectivity index (χ3v) is 5.02. The summed E-state index contributed by atoms with van der Waals surface area (Å²) in [5.41, 5.74) is 0. The predicted molar refractivity (Wildman–Crippen MR) is 68.2 cm³/mol. The number of piperazine rings is 1. The summed E-state index contributed by atoms with van der Waals surface area (Å²) in [5, 5.41) is 0. The summed E-state index contributed by atoms with van der Waals surface area (Å²) in [4.78, 5) is 2.19. The van der Waals surface area contributed by atoms with Crippen LogP contribution in [0.15, 0.2) is 22.8 Å². The number of hydrogen-bond acceptors (Lipinski definition) is 4. The lowest BCUT2D eigenvalue weighted by Crippen LogP contribution is -2.51. The van der Waals surface area contributed by atoms with Crippen LogP contribution in [0.25, 0.3) is 0 Å². The maximum absolute atomic E-state index is 11.9. The van der Waals surface area contributed by atoms with E-state index in [9.17, 15) is 8.42 Å². The summed E-state index contributed by atoms with van der Waals surface area (Å²) in [7, 11) is -0.149. The van der Waals surface area contributed by atoms with Gasteiger partial charge in [0.1, 0.15) is 5.76 Å². The second-order valence-electron chi connectivity index (χ2n) is 4.54. The van der Waals surface area contributed by atoms with Crippen molar-refractivity contribution >= 4 is 10.2 Å². The number of hydrogen-bond donors (Lipinski definition) is 0. The first-order valence-electron chi connectivity index (χ1n) is 5.92. The Labute approximate surface area is 108 Å². The Morgan fingerprint density at radius 1 is 1.28 bits per heavy atom. The standard InChI is InChI=1S/C11H19N3O3S/c1-12(2)18(15,16)14-7-5-13(6-8-14)10-11-4-3-9-17-11/h3-4,9H,5-8,10H2,1-2H3. The van der Waals surface area contributed by atoms with Crippen molar-refractivity contribution in [3.8, 4) is 0 Å². The van der Waals surface area contributed by atoms with Gasteiger partial charge in [-0.2, -0.15) is 17.0 Å². The Hall–Kier alpha value is -0.890. The molecular formula is C11H19N3O3S. The fourth-order valence-electron chi connectivity index (χ4n) is 1.97. The molecule has 0 radical (unpaired) electrons. The van der Waals surface area contributed by atoms with Crippen molar-refractivity contribution in [1.82, 2.24) is 13.5 Å². The van der Waals surface area contributed by atoms with Crippen molar-refractivity contribution in [1.29, 1.82) is 0 Å². The van der Waals surface area contributed by atoms with Gasteiger partial charge in [-0.1, -0.05) is 0 Å². The van der Waals surface area contributed by atoms with Gasteiger partial charge >= 0.3 is 0 Å². The van der Waals surface area contributed by atoms with Gasteiger partial charge in [0.05, 0.1) is 12.8 Å². The van der Waals surface area contributed by atoms with Crippen molar-refractivity contribution < 1.29 is 12.8 Å². The topological polar surface area (TPSA) is 57.0 Å². The quantitative estimate of drug-likeness (QED) is 0.786. The third-order valence-electron chi connectivity index (χ3n) is 3.08. The molecule has 0 aromatic carbocycles. The Balaban J connectivity index is 1.89. The predicted octanol–water partition coefficient (Wildman–Crippen LogP) is 0.204. The molecule has 0 atom stereocenters. The van der Waals surface area contributed by atoms with E-state index in [1.807, 2.05) is 12.1 Å². The average molecular weight is 273 g/mol. The molecule has 0 amide bonds. The molecule has 0 aliphatic carbocycles. The lowest BCUT2D eigenvalue weighted by molar-refractivity contribution is 0.167. The zero-order valence-electron chi connectivity index (χ0n) is 10.7. The molecule has 1 fully saturated rings. The molecule has 0 spiro atoms. The number of furan rings is 1. The van der Waals surface area contributed by atoms with Crippen LogP contribution in [0.5, 0.6) is 0 Å². The first-order chi connectivity index (χ1) is 8.50. The first kappa shape index (κ1) is 13.5. The highest BCUT2D eigenvalue weighted by molar-refractivity contribution is 7.86. The minimum atomic E-state index is -3.27. The molecule has 102 valence electrons. The van der Waals surface area contributed by atoms with E-state index in [0.29, 0.717) is 13.1 Å². The monoisotopic (exact) mass is 273 g/mol. The van der Waals surface area contributed by atoms with E-state index in [1.54, 1.807) is 20.4 Å². The minimum Gasteiger partial charge on any atom is -0.468 e. The molecule has 1 aromatic rings. The molecule has 0 N–H and O–H groups in total. The lowest BCUT2D eigenvalue weighted by Gasteiger charge is -2.34. The van der Waals surface area contributed by atoms with Crippen molar-refractivity contribution in [3.05, 3.63) is 24.2 Å². The molecule has 0 saturated carbocycles. The van der Waals surface area contributed by atoms with Crippen LogP contribution in [0.1, 0.15) is 5.76 Å². The van der Waals surface area contributed by atoms with E-state index in [-0.39, 0.29) is 0 Å². The fourth-order valence-corrected chi connectivity index (χ4v) is 3.06. The summed E-state index contributed by atoms with van der Waals surface area (Å²) >= 11 is 0. The highest BCUT2D eigenvalue weighted by Gasteiger charge is 2.28. The van der Waals surface area contributed by atoms with Gasteiger partial charge in [-0.25, -0.2) is 0 Å². The summed E-state index contributed by atoms with van der Waals surface area (Å²) in [6.07, 6.45) is 1.65.